The fraction of sp³-hybridized carbons (Fsp3) is 0.500. The first kappa shape index (κ1) is 18.0. The summed E-state index contributed by atoms with van der Waals surface area (Å²) in [5.74, 6) is 2.12. The lowest BCUT2D eigenvalue weighted by molar-refractivity contribution is 0.570. The molecule has 2 aromatic rings. The fourth-order valence-corrected chi connectivity index (χ4v) is 3.40. The number of nitrogens with zero attached hydrogens (tertiary/aromatic N) is 4. The average molecular weight is 356 g/mol. The van der Waals surface area contributed by atoms with Gasteiger partial charge in [-0.1, -0.05) is 30.3 Å². The third-order valence-electron chi connectivity index (χ3n) is 4.76. The van der Waals surface area contributed by atoms with E-state index in [2.05, 4.69) is 62.4 Å². The first-order chi connectivity index (χ1) is 10.3. The van der Waals surface area contributed by atoms with Crippen LogP contribution in [0.3, 0.4) is 0 Å². The maximum atomic E-state index is 4.55. The van der Waals surface area contributed by atoms with Crippen molar-refractivity contribution in [1.29, 1.82) is 0 Å². The third-order valence-corrected chi connectivity index (χ3v) is 4.76. The lowest BCUT2D eigenvalue weighted by atomic mass is 9.95. The molecule has 0 amide bonds. The van der Waals surface area contributed by atoms with E-state index in [0.29, 0.717) is 0 Å². The van der Waals surface area contributed by atoms with Gasteiger partial charge in [-0.2, -0.15) is 0 Å². The number of hydrogen-bond donors (Lipinski definition) is 1. The zero-order chi connectivity index (χ0) is 14.3. The van der Waals surface area contributed by atoms with Gasteiger partial charge in [0.2, 0.25) is 5.95 Å². The van der Waals surface area contributed by atoms with Crippen molar-refractivity contribution < 1.29 is 0 Å². The first-order valence-electron chi connectivity index (χ1n) is 7.72. The highest BCUT2D eigenvalue weighted by atomic mass is 35.5. The van der Waals surface area contributed by atoms with Crippen LogP contribution in [0.25, 0.3) is 0 Å². The molecular weight excluding hydrogens is 333 g/mol. The zero-order valence-electron chi connectivity index (χ0n) is 13.2. The van der Waals surface area contributed by atoms with Gasteiger partial charge in [-0.05, 0) is 18.4 Å². The monoisotopic (exact) mass is 355 g/mol. The van der Waals surface area contributed by atoms with Crippen molar-refractivity contribution in [3.63, 3.8) is 0 Å². The number of hydrogen-bond acceptors (Lipinski definition) is 4. The molecule has 0 bridgehead atoms. The van der Waals surface area contributed by atoms with Gasteiger partial charge in [0.25, 0.3) is 0 Å². The minimum absolute atomic E-state index is 0. The van der Waals surface area contributed by atoms with E-state index in [9.17, 15) is 0 Å². The van der Waals surface area contributed by atoms with Gasteiger partial charge in [0.1, 0.15) is 5.82 Å². The van der Waals surface area contributed by atoms with Crippen molar-refractivity contribution in [3.8, 4) is 0 Å². The van der Waals surface area contributed by atoms with E-state index in [1.54, 1.807) is 0 Å². The number of benzene rings is 1. The minimum Gasteiger partial charge on any atom is -0.338 e. The largest absolute Gasteiger partial charge is 0.338 e. The lowest BCUT2D eigenvalue weighted by Gasteiger charge is -2.28. The molecule has 2 aliphatic rings. The molecule has 1 aliphatic carbocycles. The molecular formula is C16H23Cl2N5. The Hall–Kier alpha value is -1.30. The Morgan fingerprint density at radius 3 is 2.26 bits per heavy atom. The molecule has 1 aromatic carbocycles. The summed E-state index contributed by atoms with van der Waals surface area (Å²) in [6.45, 7) is 4.05. The molecule has 126 valence electrons. The van der Waals surface area contributed by atoms with Crippen LogP contribution in [-0.4, -0.2) is 40.9 Å². The summed E-state index contributed by atoms with van der Waals surface area (Å²) in [6, 6.07) is 10.7. The van der Waals surface area contributed by atoms with Crippen molar-refractivity contribution in [2.24, 2.45) is 7.05 Å². The number of piperazine rings is 1. The van der Waals surface area contributed by atoms with Gasteiger partial charge in [-0.3, -0.25) is 4.57 Å². The number of anilines is 1. The molecule has 0 radical (unpaired) electrons. The van der Waals surface area contributed by atoms with Crippen LogP contribution in [0, 0.1) is 0 Å². The molecule has 0 atom stereocenters. The number of halogens is 2. The van der Waals surface area contributed by atoms with Crippen LogP contribution in [0.2, 0.25) is 0 Å². The van der Waals surface area contributed by atoms with Crippen LogP contribution >= 0.6 is 24.8 Å². The summed E-state index contributed by atoms with van der Waals surface area (Å²) in [6.07, 6.45) is 2.34. The van der Waals surface area contributed by atoms with Gasteiger partial charge < -0.3 is 10.2 Å². The molecule has 1 saturated heterocycles. The zero-order valence-corrected chi connectivity index (χ0v) is 14.9. The summed E-state index contributed by atoms with van der Waals surface area (Å²) in [5.41, 5.74) is 1.46. The van der Waals surface area contributed by atoms with E-state index >= 15 is 0 Å². The Bertz CT molecular complexity index is 633. The number of aromatic nitrogens is 3. The second kappa shape index (κ2) is 7.07. The predicted octanol–water partition coefficient (Wildman–Crippen LogP) is 2.15. The third kappa shape index (κ3) is 3.05. The molecule has 1 N–H and O–H groups in total. The van der Waals surface area contributed by atoms with Gasteiger partial charge in [0.15, 0.2) is 0 Å². The lowest BCUT2D eigenvalue weighted by Crippen LogP contribution is -2.44. The second-order valence-corrected chi connectivity index (χ2v) is 6.07. The SMILES string of the molecule is Cl.Cl.Cn1c(N2CCNCC2)nnc1C1(c2ccccc2)CC1. The van der Waals surface area contributed by atoms with Gasteiger partial charge in [-0.15, -0.1) is 35.0 Å². The van der Waals surface area contributed by atoms with Crippen LogP contribution in [0.5, 0.6) is 0 Å². The Kier molecular flexibility index (Phi) is 5.55. The van der Waals surface area contributed by atoms with E-state index < -0.39 is 0 Å². The molecule has 0 unspecified atom stereocenters. The van der Waals surface area contributed by atoms with Crippen LogP contribution in [0.15, 0.2) is 30.3 Å². The Balaban J connectivity index is 0.000000960. The molecule has 1 aromatic heterocycles. The summed E-state index contributed by atoms with van der Waals surface area (Å²) >= 11 is 0. The van der Waals surface area contributed by atoms with Gasteiger partial charge in [0.05, 0.1) is 5.41 Å². The maximum absolute atomic E-state index is 4.55. The standard InChI is InChI=1S/C16H21N5.2ClH/c1-20-14(16(7-8-16)13-5-3-2-4-6-13)18-19-15(20)21-11-9-17-10-12-21;;/h2-6,17H,7-12H2,1H3;2*1H. The number of rotatable bonds is 3. The highest BCUT2D eigenvalue weighted by Gasteiger charge is 2.50. The van der Waals surface area contributed by atoms with E-state index in [4.69, 9.17) is 0 Å². The van der Waals surface area contributed by atoms with Gasteiger partial charge in [0, 0.05) is 33.2 Å². The summed E-state index contributed by atoms with van der Waals surface area (Å²) < 4.78 is 2.20. The van der Waals surface area contributed by atoms with E-state index in [1.165, 1.54) is 18.4 Å². The normalized spacial score (nSPS) is 18.7. The fourth-order valence-electron chi connectivity index (χ4n) is 3.40. The van der Waals surface area contributed by atoms with Crippen LogP contribution < -0.4 is 10.2 Å². The first-order valence-corrected chi connectivity index (χ1v) is 7.72. The smallest absolute Gasteiger partial charge is 0.227 e. The average Bonchev–Trinajstić information content (AvgIpc) is 3.26. The van der Waals surface area contributed by atoms with E-state index in [-0.39, 0.29) is 30.2 Å². The molecule has 1 saturated carbocycles. The van der Waals surface area contributed by atoms with Crippen molar-refractivity contribution in [2.75, 3.05) is 31.1 Å². The predicted molar refractivity (Wildman–Crippen MR) is 97.0 cm³/mol. The Labute approximate surface area is 149 Å². The molecule has 4 rings (SSSR count). The van der Waals surface area contributed by atoms with E-state index in [0.717, 1.165) is 38.0 Å². The van der Waals surface area contributed by atoms with E-state index in [1.807, 2.05) is 0 Å². The molecule has 7 heteroatoms. The summed E-state index contributed by atoms with van der Waals surface area (Å²) in [7, 11) is 2.11. The van der Waals surface area contributed by atoms with Crippen LogP contribution in [0.4, 0.5) is 5.95 Å². The van der Waals surface area contributed by atoms with Crippen molar-refractivity contribution in [2.45, 2.75) is 18.3 Å². The molecule has 2 fully saturated rings. The summed E-state index contributed by atoms with van der Waals surface area (Å²) in [4.78, 5) is 2.33. The van der Waals surface area contributed by atoms with Crippen molar-refractivity contribution in [1.82, 2.24) is 20.1 Å². The number of nitrogens with one attached hydrogen (secondary N) is 1. The molecule has 23 heavy (non-hydrogen) atoms. The molecule has 5 nitrogen and oxygen atoms in total. The Morgan fingerprint density at radius 2 is 1.65 bits per heavy atom. The minimum atomic E-state index is 0. The second-order valence-electron chi connectivity index (χ2n) is 6.07. The Morgan fingerprint density at radius 1 is 1.00 bits per heavy atom. The van der Waals surface area contributed by atoms with Gasteiger partial charge in [-0.25, -0.2) is 0 Å². The van der Waals surface area contributed by atoms with Crippen molar-refractivity contribution >= 4 is 30.8 Å². The topological polar surface area (TPSA) is 46.0 Å². The quantitative estimate of drug-likeness (QED) is 0.916. The van der Waals surface area contributed by atoms with Crippen LogP contribution in [-0.2, 0) is 12.5 Å². The van der Waals surface area contributed by atoms with Crippen molar-refractivity contribution in [3.05, 3.63) is 41.7 Å². The van der Waals surface area contributed by atoms with Gasteiger partial charge >= 0.3 is 0 Å². The highest BCUT2D eigenvalue weighted by Crippen LogP contribution is 2.52. The molecule has 2 heterocycles. The highest BCUT2D eigenvalue weighted by molar-refractivity contribution is 5.85. The molecule has 0 spiro atoms. The van der Waals surface area contributed by atoms with Crippen LogP contribution in [0.1, 0.15) is 24.2 Å². The summed E-state index contributed by atoms with van der Waals surface area (Å²) in [5, 5.41) is 12.4. The molecule has 1 aliphatic heterocycles. The maximum Gasteiger partial charge on any atom is 0.227 e.